The smallest absolute Gasteiger partial charge is 0.261 e. The van der Waals surface area contributed by atoms with Gasteiger partial charge in [-0.05, 0) is 68.7 Å². The van der Waals surface area contributed by atoms with Crippen LogP contribution in [0.15, 0.2) is 18.2 Å². The molecular weight excluding hydrogens is 324 g/mol. The summed E-state index contributed by atoms with van der Waals surface area (Å²) in [6, 6.07) is 5.98. The zero-order chi connectivity index (χ0) is 19.1. The molecule has 0 spiro atoms. The Hall–Kier alpha value is -1.55. The molecule has 1 amide bonds. The monoisotopic (exact) mass is 360 g/mol. The maximum Gasteiger partial charge on any atom is 0.261 e. The fourth-order valence-corrected chi connectivity index (χ4v) is 3.93. The second-order valence-electron chi connectivity index (χ2n) is 8.06. The molecule has 0 saturated carbocycles. The molecule has 0 radical (unpaired) electrons. The van der Waals surface area contributed by atoms with Gasteiger partial charge in [0.1, 0.15) is 5.75 Å². The Morgan fingerprint density at radius 1 is 1.27 bits per heavy atom. The Morgan fingerprint density at radius 2 is 1.96 bits per heavy atom. The minimum absolute atomic E-state index is 0.00575. The molecule has 1 saturated heterocycles. The minimum Gasteiger partial charge on any atom is -0.480 e. The molecule has 1 aliphatic rings. The first-order valence-corrected chi connectivity index (χ1v) is 10.1. The van der Waals surface area contributed by atoms with Crippen molar-refractivity contribution in [3.05, 3.63) is 29.3 Å². The molecule has 1 aromatic rings. The number of ether oxygens (including phenoxy) is 1. The summed E-state index contributed by atoms with van der Waals surface area (Å²) in [6.45, 7) is 14.9. The number of piperidine rings is 1. The lowest BCUT2D eigenvalue weighted by atomic mass is 9.92. The molecule has 1 aliphatic heterocycles. The average molecular weight is 361 g/mol. The predicted octanol–water partition coefficient (Wildman–Crippen LogP) is 3.95. The molecule has 1 heterocycles. The fraction of sp³-hybridized carbons (Fsp3) is 0.682. The molecule has 0 aliphatic carbocycles. The number of hydrogen-bond acceptors (Lipinski definition) is 3. The van der Waals surface area contributed by atoms with E-state index < -0.39 is 6.10 Å². The van der Waals surface area contributed by atoms with Crippen LogP contribution in [0.4, 0.5) is 0 Å². The van der Waals surface area contributed by atoms with Gasteiger partial charge in [0, 0.05) is 19.6 Å². The van der Waals surface area contributed by atoms with Gasteiger partial charge in [0.15, 0.2) is 6.10 Å². The van der Waals surface area contributed by atoms with Crippen LogP contribution in [0.5, 0.6) is 5.75 Å². The highest BCUT2D eigenvalue weighted by Crippen LogP contribution is 2.23. The highest BCUT2D eigenvalue weighted by atomic mass is 16.5. The highest BCUT2D eigenvalue weighted by Gasteiger charge is 2.22. The van der Waals surface area contributed by atoms with Crippen molar-refractivity contribution in [2.75, 3.05) is 26.2 Å². The van der Waals surface area contributed by atoms with E-state index in [0.29, 0.717) is 13.0 Å². The highest BCUT2D eigenvalue weighted by molar-refractivity contribution is 5.81. The van der Waals surface area contributed by atoms with Crippen LogP contribution in [0, 0.1) is 25.7 Å². The van der Waals surface area contributed by atoms with Gasteiger partial charge in [0.05, 0.1) is 0 Å². The maximum atomic E-state index is 12.5. The van der Waals surface area contributed by atoms with Crippen molar-refractivity contribution >= 4 is 5.91 Å². The first-order chi connectivity index (χ1) is 12.4. The van der Waals surface area contributed by atoms with E-state index in [9.17, 15) is 4.79 Å². The summed E-state index contributed by atoms with van der Waals surface area (Å²) in [5, 5.41) is 3.06. The van der Waals surface area contributed by atoms with Crippen LogP contribution in [0.1, 0.15) is 51.2 Å². The Morgan fingerprint density at radius 3 is 2.62 bits per heavy atom. The number of carbonyl (C=O) groups excluding carboxylic acids is 1. The zero-order valence-electron chi connectivity index (χ0n) is 17.2. The largest absolute Gasteiger partial charge is 0.480 e. The second-order valence-corrected chi connectivity index (χ2v) is 8.06. The average Bonchev–Trinajstić information content (AvgIpc) is 2.59. The standard InChI is InChI=1S/C22H36N2O2/c1-6-20(26-21-10-7-9-18(4)19(21)5)22(25)23-11-8-12-24-14-16(2)13-17(3)15-24/h7,9-10,16-17,20H,6,8,11-15H2,1-5H3,(H,23,25)/t16-,17-,20-/m0/s1. The Kier molecular flexibility index (Phi) is 7.95. The van der Waals surface area contributed by atoms with E-state index in [0.717, 1.165) is 36.1 Å². The topological polar surface area (TPSA) is 41.6 Å². The van der Waals surface area contributed by atoms with Gasteiger partial charge in [0.2, 0.25) is 0 Å². The first-order valence-electron chi connectivity index (χ1n) is 10.1. The Labute approximate surface area is 159 Å². The number of carbonyl (C=O) groups is 1. The van der Waals surface area contributed by atoms with Gasteiger partial charge < -0.3 is 15.0 Å². The van der Waals surface area contributed by atoms with E-state index in [2.05, 4.69) is 37.1 Å². The van der Waals surface area contributed by atoms with Crippen molar-refractivity contribution in [3.63, 3.8) is 0 Å². The quantitative estimate of drug-likeness (QED) is 0.714. The fourth-order valence-electron chi connectivity index (χ4n) is 3.93. The van der Waals surface area contributed by atoms with Gasteiger partial charge in [-0.15, -0.1) is 0 Å². The molecule has 1 aromatic carbocycles. The molecule has 2 rings (SSSR count). The van der Waals surface area contributed by atoms with Gasteiger partial charge in [0.25, 0.3) is 5.91 Å². The van der Waals surface area contributed by atoms with Crippen LogP contribution in [0.2, 0.25) is 0 Å². The van der Waals surface area contributed by atoms with Gasteiger partial charge in [-0.3, -0.25) is 4.79 Å². The molecule has 3 atom stereocenters. The van der Waals surface area contributed by atoms with E-state index in [1.165, 1.54) is 25.1 Å². The maximum absolute atomic E-state index is 12.5. The van der Waals surface area contributed by atoms with E-state index in [1.807, 2.05) is 26.0 Å². The molecule has 0 aromatic heterocycles. The summed E-state index contributed by atoms with van der Waals surface area (Å²) in [7, 11) is 0. The van der Waals surface area contributed by atoms with Crippen molar-refractivity contribution in [2.45, 2.75) is 60.0 Å². The van der Waals surface area contributed by atoms with E-state index in [1.54, 1.807) is 0 Å². The van der Waals surface area contributed by atoms with E-state index in [-0.39, 0.29) is 5.91 Å². The number of nitrogens with one attached hydrogen (secondary N) is 1. The summed E-state index contributed by atoms with van der Waals surface area (Å²) in [6.07, 6.45) is 2.57. The first kappa shape index (κ1) is 20.8. The van der Waals surface area contributed by atoms with E-state index in [4.69, 9.17) is 4.74 Å². The third-order valence-electron chi connectivity index (χ3n) is 5.38. The van der Waals surface area contributed by atoms with Gasteiger partial charge >= 0.3 is 0 Å². The molecule has 4 nitrogen and oxygen atoms in total. The summed E-state index contributed by atoms with van der Waals surface area (Å²) in [5.41, 5.74) is 2.29. The molecule has 1 fully saturated rings. The van der Waals surface area contributed by atoms with Crippen molar-refractivity contribution in [3.8, 4) is 5.75 Å². The Balaban J connectivity index is 1.76. The van der Waals surface area contributed by atoms with Crippen LogP contribution in [-0.2, 0) is 4.79 Å². The van der Waals surface area contributed by atoms with Crippen LogP contribution in [0.25, 0.3) is 0 Å². The predicted molar refractivity (Wildman–Crippen MR) is 108 cm³/mol. The molecule has 146 valence electrons. The summed E-state index contributed by atoms with van der Waals surface area (Å²) in [4.78, 5) is 15.0. The van der Waals surface area contributed by atoms with Crippen molar-refractivity contribution < 1.29 is 9.53 Å². The van der Waals surface area contributed by atoms with Crippen molar-refractivity contribution in [1.29, 1.82) is 0 Å². The molecular formula is C22H36N2O2. The summed E-state index contributed by atoms with van der Waals surface area (Å²) in [5.74, 6) is 2.37. The number of rotatable bonds is 8. The van der Waals surface area contributed by atoms with Crippen LogP contribution in [0.3, 0.4) is 0 Å². The lowest BCUT2D eigenvalue weighted by molar-refractivity contribution is -0.128. The van der Waals surface area contributed by atoms with Gasteiger partial charge in [-0.1, -0.05) is 32.9 Å². The molecule has 1 N–H and O–H groups in total. The van der Waals surface area contributed by atoms with Crippen LogP contribution in [-0.4, -0.2) is 43.1 Å². The van der Waals surface area contributed by atoms with Crippen molar-refractivity contribution in [2.24, 2.45) is 11.8 Å². The molecule has 4 heteroatoms. The number of likely N-dealkylation sites (tertiary alicyclic amines) is 1. The number of amides is 1. The minimum atomic E-state index is -0.425. The molecule has 0 bridgehead atoms. The number of aryl methyl sites for hydroxylation is 1. The van der Waals surface area contributed by atoms with Crippen LogP contribution < -0.4 is 10.1 Å². The summed E-state index contributed by atoms with van der Waals surface area (Å²) < 4.78 is 5.99. The number of nitrogens with zero attached hydrogens (tertiary/aromatic N) is 1. The SMILES string of the molecule is CC[C@H](Oc1cccc(C)c1C)C(=O)NCCCN1C[C@@H](C)C[C@H](C)C1. The number of hydrogen-bond donors (Lipinski definition) is 1. The zero-order valence-corrected chi connectivity index (χ0v) is 17.2. The van der Waals surface area contributed by atoms with Crippen LogP contribution >= 0.6 is 0 Å². The molecule has 26 heavy (non-hydrogen) atoms. The normalized spacial score (nSPS) is 22.0. The third-order valence-corrected chi connectivity index (χ3v) is 5.38. The van der Waals surface area contributed by atoms with Gasteiger partial charge in [-0.2, -0.15) is 0 Å². The summed E-state index contributed by atoms with van der Waals surface area (Å²) >= 11 is 0. The lowest BCUT2D eigenvalue weighted by Crippen LogP contribution is -2.42. The third kappa shape index (κ3) is 6.01. The van der Waals surface area contributed by atoms with Gasteiger partial charge in [-0.25, -0.2) is 0 Å². The Bertz CT molecular complexity index is 578. The number of benzene rings is 1. The van der Waals surface area contributed by atoms with E-state index >= 15 is 0 Å². The van der Waals surface area contributed by atoms with Crippen molar-refractivity contribution in [1.82, 2.24) is 10.2 Å². The second kappa shape index (κ2) is 9.96. The molecule has 0 unspecified atom stereocenters. The lowest BCUT2D eigenvalue weighted by Gasteiger charge is -2.35.